The molecule has 16 heavy (non-hydrogen) atoms. The van der Waals surface area contributed by atoms with E-state index in [2.05, 4.69) is 5.32 Å². The molecule has 92 valence electrons. The number of carboxylic acids is 1. The van der Waals surface area contributed by atoms with Gasteiger partial charge < -0.3 is 15.2 Å². The van der Waals surface area contributed by atoms with Gasteiger partial charge in [-0.25, -0.2) is 8.42 Å². The van der Waals surface area contributed by atoms with Crippen LogP contribution in [-0.2, 0) is 19.4 Å². The summed E-state index contributed by atoms with van der Waals surface area (Å²) < 4.78 is 27.3. The molecule has 0 amide bonds. The Labute approximate surface area is 93.9 Å². The highest BCUT2D eigenvalue weighted by molar-refractivity contribution is 7.91. The van der Waals surface area contributed by atoms with Crippen molar-refractivity contribution in [1.29, 1.82) is 0 Å². The first-order valence-corrected chi connectivity index (χ1v) is 7.01. The highest BCUT2D eigenvalue weighted by Crippen LogP contribution is 2.27. The molecule has 2 aliphatic heterocycles. The summed E-state index contributed by atoms with van der Waals surface area (Å²) in [6.07, 6.45) is 0.568. The van der Waals surface area contributed by atoms with Gasteiger partial charge in [-0.05, 0) is 6.42 Å². The minimum absolute atomic E-state index is 0.109. The lowest BCUT2D eigenvalue weighted by Gasteiger charge is -2.38. The number of carbonyl (C=O) groups is 1. The van der Waals surface area contributed by atoms with Crippen molar-refractivity contribution < 1.29 is 23.1 Å². The number of carboxylic acid groups (broad SMARTS) is 1. The molecule has 1 unspecified atom stereocenters. The van der Waals surface area contributed by atoms with Gasteiger partial charge in [-0.15, -0.1) is 0 Å². The lowest BCUT2D eigenvalue weighted by atomic mass is 9.86. The Bertz CT molecular complexity index is 387. The summed E-state index contributed by atoms with van der Waals surface area (Å²) in [6, 6.07) is -0.109. The van der Waals surface area contributed by atoms with Crippen LogP contribution in [0.1, 0.15) is 6.42 Å². The molecule has 0 bridgehead atoms. The number of ether oxygens (including phenoxy) is 1. The molecule has 2 saturated heterocycles. The Morgan fingerprint density at radius 2 is 2.19 bits per heavy atom. The predicted molar refractivity (Wildman–Crippen MR) is 55.9 cm³/mol. The summed E-state index contributed by atoms with van der Waals surface area (Å²) in [7, 11) is -2.91. The topological polar surface area (TPSA) is 92.7 Å². The van der Waals surface area contributed by atoms with E-state index in [-0.39, 0.29) is 37.3 Å². The molecule has 2 rings (SSSR count). The maximum Gasteiger partial charge on any atom is 0.315 e. The Kier molecular flexibility index (Phi) is 2.93. The summed E-state index contributed by atoms with van der Waals surface area (Å²) in [5.41, 5.74) is -0.855. The van der Waals surface area contributed by atoms with E-state index in [9.17, 15) is 13.2 Å². The summed E-state index contributed by atoms with van der Waals surface area (Å²) in [5, 5.41) is 12.0. The van der Waals surface area contributed by atoms with Crippen LogP contribution in [0, 0.1) is 5.41 Å². The SMILES string of the molecule is O=C(O)C1(CNC2CCS(=O)(=O)C2)COC1. The van der Waals surface area contributed by atoms with Crippen LogP contribution in [0.2, 0.25) is 0 Å². The van der Waals surface area contributed by atoms with Crippen LogP contribution >= 0.6 is 0 Å². The van der Waals surface area contributed by atoms with Crippen LogP contribution in [0.3, 0.4) is 0 Å². The number of hydrogen-bond donors (Lipinski definition) is 2. The van der Waals surface area contributed by atoms with Crippen molar-refractivity contribution in [2.45, 2.75) is 12.5 Å². The van der Waals surface area contributed by atoms with Gasteiger partial charge in [0.1, 0.15) is 5.41 Å². The van der Waals surface area contributed by atoms with Crippen molar-refractivity contribution in [3.8, 4) is 0 Å². The van der Waals surface area contributed by atoms with Gasteiger partial charge >= 0.3 is 5.97 Å². The zero-order chi connectivity index (χ0) is 11.8. The second kappa shape index (κ2) is 3.97. The second-order valence-electron chi connectivity index (χ2n) is 4.56. The van der Waals surface area contributed by atoms with Crippen molar-refractivity contribution in [1.82, 2.24) is 5.32 Å². The van der Waals surface area contributed by atoms with E-state index in [1.807, 2.05) is 0 Å². The van der Waals surface area contributed by atoms with Crippen LogP contribution in [0.15, 0.2) is 0 Å². The van der Waals surface area contributed by atoms with Gasteiger partial charge in [-0.1, -0.05) is 0 Å². The summed E-state index contributed by atoms with van der Waals surface area (Å²) in [4.78, 5) is 11.0. The standard InChI is InChI=1S/C9H15NO5S/c11-8(12)9(5-15-6-9)4-10-7-1-2-16(13,14)3-7/h7,10H,1-6H2,(H,11,12). The molecule has 2 N–H and O–H groups in total. The normalized spacial score (nSPS) is 30.9. The summed E-state index contributed by atoms with van der Waals surface area (Å²) >= 11 is 0. The smallest absolute Gasteiger partial charge is 0.315 e. The monoisotopic (exact) mass is 249 g/mol. The van der Waals surface area contributed by atoms with Crippen LogP contribution in [0.4, 0.5) is 0 Å². The van der Waals surface area contributed by atoms with Crippen molar-refractivity contribution in [3.05, 3.63) is 0 Å². The molecule has 2 fully saturated rings. The van der Waals surface area contributed by atoms with Crippen LogP contribution in [0.25, 0.3) is 0 Å². The predicted octanol–water partition coefficient (Wildman–Crippen LogP) is -1.14. The van der Waals surface area contributed by atoms with E-state index in [0.29, 0.717) is 6.42 Å². The van der Waals surface area contributed by atoms with Gasteiger partial charge in [0.2, 0.25) is 0 Å². The number of nitrogens with one attached hydrogen (secondary N) is 1. The molecule has 2 heterocycles. The fourth-order valence-corrected chi connectivity index (χ4v) is 3.65. The Hall–Kier alpha value is -0.660. The van der Waals surface area contributed by atoms with E-state index in [1.165, 1.54) is 0 Å². The fourth-order valence-electron chi connectivity index (χ4n) is 1.95. The number of rotatable bonds is 4. The minimum Gasteiger partial charge on any atom is -0.481 e. The zero-order valence-corrected chi connectivity index (χ0v) is 9.62. The van der Waals surface area contributed by atoms with Crippen molar-refractivity contribution in [2.75, 3.05) is 31.3 Å². The first kappa shape index (κ1) is 11.8. The van der Waals surface area contributed by atoms with E-state index < -0.39 is 21.2 Å². The molecule has 0 aromatic carbocycles. The maximum atomic E-state index is 11.2. The van der Waals surface area contributed by atoms with Crippen molar-refractivity contribution >= 4 is 15.8 Å². The van der Waals surface area contributed by atoms with Crippen LogP contribution in [0.5, 0.6) is 0 Å². The molecule has 0 aliphatic carbocycles. The molecule has 0 aromatic heterocycles. The van der Waals surface area contributed by atoms with Gasteiger partial charge in [-0.2, -0.15) is 0 Å². The molecule has 0 saturated carbocycles. The Morgan fingerprint density at radius 1 is 1.50 bits per heavy atom. The highest BCUT2D eigenvalue weighted by atomic mass is 32.2. The fraction of sp³-hybridized carbons (Fsp3) is 0.889. The average molecular weight is 249 g/mol. The number of sulfone groups is 1. The maximum absolute atomic E-state index is 11.2. The molecule has 1 atom stereocenters. The third kappa shape index (κ3) is 2.21. The van der Waals surface area contributed by atoms with Crippen LogP contribution < -0.4 is 5.32 Å². The lowest BCUT2D eigenvalue weighted by Crippen LogP contribution is -2.56. The zero-order valence-electron chi connectivity index (χ0n) is 8.81. The molecule has 6 nitrogen and oxygen atoms in total. The summed E-state index contributed by atoms with van der Waals surface area (Å²) in [6.45, 7) is 0.687. The van der Waals surface area contributed by atoms with Gasteiger partial charge in [0, 0.05) is 12.6 Å². The lowest BCUT2D eigenvalue weighted by molar-refractivity contribution is -0.178. The highest BCUT2D eigenvalue weighted by Gasteiger charge is 2.46. The van der Waals surface area contributed by atoms with Gasteiger partial charge in [0.15, 0.2) is 9.84 Å². The average Bonchev–Trinajstić information content (AvgIpc) is 2.43. The van der Waals surface area contributed by atoms with E-state index in [1.54, 1.807) is 0 Å². The number of hydrogen-bond acceptors (Lipinski definition) is 5. The third-order valence-electron chi connectivity index (χ3n) is 3.17. The Morgan fingerprint density at radius 3 is 2.56 bits per heavy atom. The van der Waals surface area contributed by atoms with Crippen molar-refractivity contribution in [2.24, 2.45) is 5.41 Å². The van der Waals surface area contributed by atoms with Crippen LogP contribution in [-0.4, -0.2) is 56.8 Å². The van der Waals surface area contributed by atoms with Gasteiger partial charge in [0.05, 0.1) is 24.7 Å². The molecule has 7 heteroatoms. The van der Waals surface area contributed by atoms with E-state index in [0.717, 1.165) is 0 Å². The van der Waals surface area contributed by atoms with Gasteiger partial charge in [-0.3, -0.25) is 4.79 Å². The van der Waals surface area contributed by atoms with E-state index in [4.69, 9.17) is 9.84 Å². The molecule has 0 spiro atoms. The Balaban J connectivity index is 1.86. The van der Waals surface area contributed by atoms with E-state index >= 15 is 0 Å². The van der Waals surface area contributed by atoms with Crippen molar-refractivity contribution in [3.63, 3.8) is 0 Å². The third-order valence-corrected chi connectivity index (χ3v) is 4.94. The quantitative estimate of drug-likeness (QED) is 0.654. The second-order valence-corrected chi connectivity index (χ2v) is 6.79. The molecule has 0 radical (unpaired) electrons. The first-order valence-electron chi connectivity index (χ1n) is 5.19. The minimum atomic E-state index is -2.91. The molecular weight excluding hydrogens is 234 g/mol. The molecular formula is C9H15NO5S. The van der Waals surface area contributed by atoms with Gasteiger partial charge in [0.25, 0.3) is 0 Å². The molecule has 0 aromatic rings. The largest absolute Gasteiger partial charge is 0.481 e. The summed E-state index contributed by atoms with van der Waals surface area (Å²) in [5.74, 6) is -0.572. The molecule has 2 aliphatic rings. The first-order chi connectivity index (χ1) is 7.44. The number of aliphatic carboxylic acids is 1.